The normalized spacial score (nSPS) is 16.7. The lowest BCUT2D eigenvalue weighted by molar-refractivity contribution is -0.117. The fourth-order valence-electron chi connectivity index (χ4n) is 3.30. The van der Waals surface area contributed by atoms with Crippen LogP contribution in [0.15, 0.2) is 66.0 Å². The van der Waals surface area contributed by atoms with Gasteiger partial charge >= 0.3 is 0 Å². The molecule has 154 valence electrons. The Morgan fingerprint density at radius 1 is 1.13 bits per heavy atom. The monoisotopic (exact) mass is 444 g/mol. The minimum absolute atomic E-state index is 0.00190. The molecule has 2 heterocycles. The number of rotatable bonds is 5. The summed E-state index contributed by atoms with van der Waals surface area (Å²) in [6.45, 7) is 0.444. The van der Waals surface area contributed by atoms with Crippen LogP contribution in [0, 0.1) is 0 Å². The molecule has 10 heteroatoms. The third kappa shape index (κ3) is 4.28. The van der Waals surface area contributed by atoms with Gasteiger partial charge in [0.1, 0.15) is 5.75 Å². The van der Waals surface area contributed by atoms with Crippen LogP contribution in [0.3, 0.4) is 0 Å². The van der Waals surface area contributed by atoms with E-state index in [9.17, 15) is 13.2 Å². The van der Waals surface area contributed by atoms with Crippen LogP contribution in [-0.2, 0) is 14.8 Å². The lowest BCUT2D eigenvalue weighted by atomic mass is 9.98. The van der Waals surface area contributed by atoms with E-state index in [0.717, 1.165) is 5.56 Å². The summed E-state index contributed by atoms with van der Waals surface area (Å²) in [6.07, 6.45) is 4.85. The first kappa shape index (κ1) is 20.3. The Bertz CT molecular complexity index is 1190. The fraction of sp³-hybridized carbons (Fsp3) is 0.150. The molecule has 1 atom stereocenters. The topological polar surface area (TPSA) is 115 Å². The Kier molecular flexibility index (Phi) is 5.42. The third-order valence-electron chi connectivity index (χ3n) is 4.78. The molecule has 0 bridgehead atoms. The van der Waals surface area contributed by atoms with Gasteiger partial charge in [-0.2, -0.15) is 0 Å². The molecular weight excluding hydrogens is 428 g/mol. The van der Waals surface area contributed by atoms with Crippen molar-refractivity contribution >= 4 is 33.2 Å². The Hall–Kier alpha value is -3.01. The minimum Gasteiger partial charge on any atom is -0.436 e. The Balaban J connectivity index is 1.55. The van der Waals surface area contributed by atoms with Crippen molar-refractivity contribution in [2.24, 2.45) is 5.14 Å². The first-order valence-electron chi connectivity index (χ1n) is 8.98. The number of benzene rings is 2. The standard InChI is InChI=1S/C20H17ClN4O4S/c21-17-6-1-13(9-18(17)29-19-11-23-7-8-24-19)14-10-20(26)25(12-14)15-2-4-16(5-3-15)30(22,27)28/h1-9,11,14H,10,12H2,(H2,22,27,28)/t14-/m0/s1. The van der Waals surface area contributed by atoms with Crippen molar-refractivity contribution in [1.29, 1.82) is 0 Å². The Morgan fingerprint density at radius 3 is 2.57 bits per heavy atom. The highest BCUT2D eigenvalue weighted by atomic mass is 35.5. The number of hydrogen-bond acceptors (Lipinski definition) is 6. The number of sulfonamides is 1. The summed E-state index contributed by atoms with van der Waals surface area (Å²) in [6, 6.07) is 11.3. The van der Waals surface area contributed by atoms with Gasteiger partial charge in [0.15, 0.2) is 0 Å². The van der Waals surface area contributed by atoms with Gasteiger partial charge in [0.05, 0.1) is 16.1 Å². The zero-order valence-electron chi connectivity index (χ0n) is 15.6. The Morgan fingerprint density at radius 2 is 1.90 bits per heavy atom. The molecule has 0 radical (unpaired) electrons. The van der Waals surface area contributed by atoms with Crippen molar-refractivity contribution in [3.8, 4) is 11.6 Å². The molecular formula is C20H17ClN4O4S. The maximum atomic E-state index is 12.6. The van der Waals surface area contributed by atoms with Gasteiger partial charge in [0.25, 0.3) is 0 Å². The first-order chi connectivity index (χ1) is 14.3. The number of hydrogen-bond donors (Lipinski definition) is 1. The molecule has 1 saturated heterocycles. The zero-order chi connectivity index (χ0) is 21.3. The molecule has 8 nitrogen and oxygen atoms in total. The number of nitrogens with zero attached hydrogens (tertiary/aromatic N) is 3. The van der Waals surface area contributed by atoms with Crippen LogP contribution in [0.25, 0.3) is 0 Å². The maximum absolute atomic E-state index is 12.6. The van der Waals surface area contributed by atoms with E-state index in [2.05, 4.69) is 9.97 Å². The molecule has 3 aromatic rings. The van der Waals surface area contributed by atoms with E-state index >= 15 is 0 Å². The second-order valence-electron chi connectivity index (χ2n) is 6.78. The number of anilines is 1. The van der Waals surface area contributed by atoms with E-state index in [1.54, 1.807) is 35.4 Å². The summed E-state index contributed by atoms with van der Waals surface area (Å²) < 4.78 is 28.6. The van der Waals surface area contributed by atoms with E-state index in [-0.39, 0.29) is 16.7 Å². The minimum atomic E-state index is -3.78. The lowest BCUT2D eigenvalue weighted by Gasteiger charge is -2.17. The van der Waals surface area contributed by atoms with Crippen molar-refractivity contribution in [2.45, 2.75) is 17.2 Å². The van der Waals surface area contributed by atoms with Crippen LogP contribution in [-0.4, -0.2) is 30.8 Å². The summed E-state index contributed by atoms with van der Waals surface area (Å²) >= 11 is 6.25. The number of nitrogens with two attached hydrogens (primary N) is 1. The predicted octanol–water partition coefficient (Wildman–Crippen LogP) is 3.09. The van der Waals surface area contributed by atoms with E-state index in [1.807, 2.05) is 6.07 Å². The molecule has 2 N–H and O–H groups in total. The van der Waals surface area contributed by atoms with Crippen molar-refractivity contribution in [1.82, 2.24) is 9.97 Å². The molecule has 30 heavy (non-hydrogen) atoms. The average molecular weight is 445 g/mol. The summed E-state index contributed by atoms with van der Waals surface area (Å²) in [7, 11) is -3.78. The van der Waals surface area contributed by atoms with Crippen LogP contribution in [0.5, 0.6) is 11.6 Å². The van der Waals surface area contributed by atoms with Gasteiger partial charge in [-0.1, -0.05) is 17.7 Å². The van der Waals surface area contributed by atoms with Crippen LogP contribution in [0.1, 0.15) is 17.9 Å². The summed E-state index contributed by atoms with van der Waals surface area (Å²) in [5.74, 6) is 0.611. The van der Waals surface area contributed by atoms with E-state index in [4.69, 9.17) is 21.5 Å². The number of aromatic nitrogens is 2. The highest BCUT2D eigenvalue weighted by Gasteiger charge is 2.32. The molecule has 0 spiro atoms. The zero-order valence-corrected chi connectivity index (χ0v) is 17.2. The predicted molar refractivity (Wildman–Crippen MR) is 111 cm³/mol. The molecule has 1 fully saturated rings. The van der Waals surface area contributed by atoms with Crippen LogP contribution < -0.4 is 14.8 Å². The molecule has 4 rings (SSSR count). The van der Waals surface area contributed by atoms with E-state index < -0.39 is 10.0 Å². The van der Waals surface area contributed by atoms with Crippen LogP contribution in [0.4, 0.5) is 5.69 Å². The second-order valence-corrected chi connectivity index (χ2v) is 8.75. The largest absolute Gasteiger partial charge is 0.436 e. The number of primary sulfonamides is 1. The van der Waals surface area contributed by atoms with E-state index in [0.29, 0.717) is 35.3 Å². The van der Waals surface area contributed by atoms with Gasteiger partial charge in [-0.05, 0) is 42.0 Å². The van der Waals surface area contributed by atoms with Gasteiger partial charge < -0.3 is 9.64 Å². The van der Waals surface area contributed by atoms with Gasteiger partial charge in [-0.3, -0.25) is 9.78 Å². The van der Waals surface area contributed by atoms with Gasteiger partial charge in [-0.15, -0.1) is 0 Å². The summed E-state index contributed by atoms with van der Waals surface area (Å²) in [4.78, 5) is 22.2. The van der Waals surface area contributed by atoms with Crippen LogP contribution >= 0.6 is 11.6 Å². The summed E-state index contributed by atoms with van der Waals surface area (Å²) in [5.41, 5.74) is 1.51. The number of carbonyl (C=O) groups is 1. The number of ether oxygens (including phenoxy) is 1. The maximum Gasteiger partial charge on any atom is 0.238 e. The highest BCUT2D eigenvalue weighted by Crippen LogP contribution is 2.36. The first-order valence-corrected chi connectivity index (χ1v) is 10.9. The molecule has 0 saturated carbocycles. The lowest BCUT2D eigenvalue weighted by Crippen LogP contribution is -2.24. The molecule has 0 aliphatic carbocycles. The number of halogens is 1. The molecule has 1 amide bonds. The number of carbonyl (C=O) groups excluding carboxylic acids is 1. The van der Waals surface area contributed by atoms with Crippen molar-refractivity contribution in [3.63, 3.8) is 0 Å². The molecule has 0 unspecified atom stereocenters. The second kappa shape index (κ2) is 8.02. The van der Waals surface area contributed by atoms with Crippen LogP contribution in [0.2, 0.25) is 5.02 Å². The smallest absolute Gasteiger partial charge is 0.238 e. The highest BCUT2D eigenvalue weighted by molar-refractivity contribution is 7.89. The Labute approximate surface area is 178 Å². The number of amides is 1. The van der Waals surface area contributed by atoms with Crippen molar-refractivity contribution in [2.75, 3.05) is 11.4 Å². The van der Waals surface area contributed by atoms with E-state index in [1.165, 1.54) is 24.5 Å². The molecule has 1 aromatic heterocycles. The molecule has 2 aromatic carbocycles. The summed E-state index contributed by atoms with van der Waals surface area (Å²) in [5, 5.41) is 5.55. The fourth-order valence-corrected chi connectivity index (χ4v) is 3.97. The van der Waals surface area contributed by atoms with Crippen molar-refractivity contribution in [3.05, 3.63) is 71.6 Å². The molecule has 1 aliphatic rings. The van der Waals surface area contributed by atoms with Gasteiger partial charge in [0, 0.05) is 37.0 Å². The SMILES string of the molecule is NS(=O)(=O)c1ccc(N2C[C@@H](c3ccc(Cl)c(Oc4cnccn4)c3)CC2=O)cc1. The third-order valence-corrected chi connectivity index (χ3v) is 6.02. The quantitative estimate of drug-likeness (QED) is 0.646. The average Bonchev–Trinajstić information content (AvgIpc) is 3.11. The van der Waals surface area contributed by atoms with Gasteiger partial charge in [0.2, 0.25) is 21.8 Å². The van der Waals surface area contributed by atoms with Gasteiger partial charge in [-0.25, -0.2) is 18.5 Å². The van der Waals surface area contributed by atoms with Crippen molar-refractivity contribution < 1.29 is 17.9 Å². The molecule has 1 aliphatic heterocycles.